The van der Waals surface area contributed by atoms with Crippen molar-refractivity contribution in [2.45, 2.75) is 78.6 Å². The van der Waals surface area contributed by atoms with Gasteiger partial charge in [-0.05, 0) is 138 Å². The molecular formula is C90H73BN4O. The summed E-state index contributed by atoms with van der Waals surface area (Å²) in [6, 6.07) is 105. The zero-order valence-corrected chi connectivity index (χ0v) is 55.8. The summed E-state index contributed by atoms with van der Waals surface area (Å²) in [5.74, 6) is 0. The molecular weight excluding hydrogens is 1160 g/mol. The van der Waals surface area contributed by atoms with E-state index in [-0.39, 0.29) is 23.0 Å². The molecule has 0 unspecified atom stereocenters. The van der Waals surface area contributed by atoms with Crippen LogP contribution in [0, 0.1) is 0 Å². The zero-order chi connectivity index (χ0) is 65.1. The van der Waals surface area contributed by atoms with Crippen LogP contribution in [-0.4, -0.2) is 15.8 Å². The van der Waals surface area contributed by atoms with E-state index in [1.807, 2.05) is 0 Å². The molecule has 5 nitrogen and oxygen atoms in total. The second kappa shape index (κ2) is 21.2. The molecule has 0 radical (unpaired) electrons. The van der Waals surface area contributed by atoms with Crippen LogP contribution in [0.15, 0.2) is 283 Å². The molecule has 0 saturated heterocycles. The van der Waals surface area contributed by atoms with E-state index in [0.717, 1.165) is 95.2 Å². The predicted molar refractivity (Wildman–Crippen MR) is 409 cm³/mol. The number of hydrogen-bond acceptors (Lipinski definition) is 3. The number of nitrogens with zero attached hydrogens (tertiary/aromatic N) is 4. The van der Waals surface area contributed by atoms with Gasteiger partial charge in [-0.15, -0.1) is 0 Å². The topological polar surface area (TPSA) is 29.5 Å². The van der Waals surface area contributed by atoms with Gasteiger partial charge in [-0.1, -0.05) is 275 Å². The van der Waals surface area contributed by atoms with E-state index < -0.39 is 0 Å². The molecule has 96 heavy (non-hydrogen) atoms. The van der Waals surface area contributed by atoms with Crippen molar-refractivity contribution in [2.75, 3.05) is 9.80 Å². The number of anilines is 6. The maximum Gasteiger partial charge on any atom is 0.252 e. The predicted octanol–water partition coefficient (Wildman–Crippen LogP) is 22.8. The van der Waals surface area contributed by atoms with Crippen LogP contribution in [-0.2, 0) is 16.2 Å². The number of rotatable bonds is 7. The Morgan fingerprint density at radius 1 is 0.302 bits per heavy atom. The molecule has 0 spiro atoms. The van der Waals surface area contributed by atoms with Gasteiger partial charge in [0.25, 0.3) is 6.71 Å². The number of aromatic nitrogens is 2. The fourth-order valence-corrected chi connectivity index (χ4v) is 15.9. The first-order chi connectivity index (χ1) is 46.5. The molecule has 13 aromatic carbocycles. The monoisotopic (exact) mass is 1240 g/mol. The van der Waals surface area contributed by atoms with Crippen molar-refractivity contribution in [1.82, 2.24) is 9.13 Å². The van der Waals surface area contributed by atoms with Crippen molar-refractivity contribution >= 4 is 123 Å². The maximum absolute atomic E-state index is 7.15. The highest BCUT2D eigenvalue weighted by Crippen LogP contribution is 2.53. The molecule has 16 aromatic rings. The zero-order valence-electron chi connectivity index (χ0n) is 55.8. The van der Waals surface area contributed by atoms with Crippen LogP contribution in [0.25, 0.3) is 110 Å². The summed E-state index contributed by atoms with van der Waals surface area (Å²) in [6.07, 6.45) is 0. The summed E-state index contributed by atoms with van der Waals surface area (Å²) < 4.78 is 12.2. The van der Waals surface area contributed by atoms with Crippen molar-refractivity contribution in [3.8, 4) is 44.8 Å². The number of furan rings is 1. The number of hydrogen-bond donors (Lipinski definition) is 0. The first-order valence-corrected chi connectivity index (χ1v) is 33.9. The smallest absolute Gasteiger partial charge is 0.252 e. The highest BCUT2D eigenvalue weighted by molar-refractivity contribution is 7.00. The number of fused-ring (bicyclic) bond motifs is 14. The summed E-state index contributed by atoms with van der Waals surface area (Å²) in [7, 11) is 0. The van der Waals surface area contributed by atoms with E-state index in [2.05, 4.69) is 360 Å². The summed E-state index contributed by atoms with van der Waals surface area (Å²) >= 11 is 0. The standard InChI is InChI=1S/C90H73BN4O/c1-88(2,3)60-49-59(50-61(52-60)89(4,5)6)58-43-48-77-74(51-58)91-73-47-44-64(93-76-40-23-20-34-68(76)71-46-45-70-67-33-19-22-39-75(67)92(85(70)86(71)93)63-31-17-12-18-32-63)55-79(73)95(84-65(56-27-13-10-14-28-56)36-25-37-66(84)57-29-15-11-16-30-57)81-54-62(90(7,8)9)53-80(83(81)91)94(77)78-41-26-38-72-69-35-21-24-42-82(69)96-87(72)78/h10-55H,1-9H3. The third kappa shape index (κ3) is 8.84. The molecule has 0 bridgehead atoms. The Hall–Kier alpha value is -11.1. The normalized spacial score (nSPS) is 13.2. The third-order valence-corrected chi connectivity index (χ3v) is 20.7. The molecule has 2 aliphatic rings. The summed E-state index contributed by atoms with van der Waals surface area (Å²) in [6.45, 7) is 20.9. The molecule has 462 valence electrons. The van der Waals surface area contributed by atoms with Gasteiger partial charge in [0.2, 0.25) is 0 Å². The van der Waals surface area contributed by atoms with E-state index in [1.165, 1.54) is 82.3 Å². The number of para-hydroxylation sites is 6. The lowest BCUT2D eigenvalue weighted by Crippen LogP contribution is -2.61. The Bertz CT molecular complexity index is 5760. The minimum Gasteiger partial charge on any atom is -0.454 e. The van der Waals surface area contributed by atoms with Gasteiger partial charge in [-0.3, -0.25) is 0 Å². The highest BCUT2D eigenvalue weighted by atomic mass is 16.3. The average molecular weight is 1240 g/mol. The van der Waals surface area contributed by atoms with Gasteiger partial charge in [0.1, 0.15) is 5.58 Å². The van der Waals surface area contributed by atoms with Gasteiger partial charge in [-0.25, -0.2) is 0 Å². The van der Waals surface area contributed by atoms with E-state index in [0.29, 0.717) is 0 Å². The minimum absolute atomic E-state index is 0.0801. The van der Waals surface area contributed by atoms with Crippen LogP contribution in [0.5, 0.6) is 0 Å². The van der Waals surface area contributed by atoms with E-state index in [1.54, 1.807) is 0 Å². The van der Waals surface area contributed by atoms with Gasteiger partial charge in [0, 0.05) is 77.6 Å². The molecule has 0 atom stereocenters. The van der Waals surface area contributed by atoms with Crippen molar-refractivity contribution in [3.05, 3.63) is 296 Å². The van der Waals surface area contributed by atoms with E-state index in [4.69, 9.17) is 4.42 Å². The van der Waals surface area contributed by atoms with Gasteiger partial charge in [0.15, 0.2) is 5.58 Å². The summed E-state index contributed by atoms with van der Waals surface area (Å²) in [5.41, 5.74) is 29.4. The molecule has 0 fully saturated rings. The van der Waals surface area contributed by atoms with E-state index in [9.17, 15) is 0 Å². The number of benzene rings is 13. The van der Waals surface area contributed by atoms with Crippen molar-refractivity contribution < 1.29 is 4.42 Å². The van der Waals surface area contributed by atoms with Crippen molar-refractivity contribution in [3.63, 3.8) is 0 Å². The van der Waals surface area contributed by atoms with Crippen LogP contribution < -0.4 is 26.2 Å². The molecule has 6 heteroatoms. The first-order valence-electron chi connectivity index (χ1n) is 33.9. The second-order valence-electron chi connectivity index (χ2n) is 29.7. The molecule has 2 aliphatic heterocycles. The first kappa shape index (κ1) is 57.6. The Morgan fingerprint density at radius 2 is 0.812 bits per heavy atom. The fourth-order valence-electron chi connectivity index (χ4n) is 15.9. The van der Waals surface area contributed by atoms with Crippen LogP contribution in [0.2, 0.25) is 0 Å². The van der Waals surface area contributed by atoms with Gasteiger partial charge >= 0.3 is 0 Å². The molecule has 18 rings (SSSR count). The van der Waals surface area contributed by atoms with Gasteiger partial charge in [-0.2, -0.15) is 0 Å². The Balaban J connectivity index is 1.01. The molecule has 0 aliphatic carbocycles. The SMILES string of the molecule is CC(C)(C)c1cc(-c2ccc3c(c2)B2c4ccc(-n5c6ccccc6c6ccc7c8ccccc8n(-c8ccccc8)c7c65)cc4N(c4c(-c5ccccc5)cccc4-c4ccccc4)c4cc(C(C)(C)C)cc(c42)N3c2cccc3c2oc2ccccc23)cc(C(C)(C)C)c1. The van der Waals surface area contributed by atoms with Gasteiger partial charge < -0.3 is 23.4 Å². The average Bonchev–Trinajstić information content (AvgIpc) is 0.900. The fraction of sp³-hybridized carbons (Fsp3) is 0.133. The van der Waals surface area contributed by atoms with Crippen molar-refractivity contribution in [2.24, 2.45) is 0 Å². The Kier molecular flexibility index (Phi) is 12.7. The van der Waals surface area contributed by atoms with Crippen molar-refractivity contribution in [1.29, 1.82) is 0 Å². The molecule has 0 amide bonds. The molecule has 5 heterocycles. The van der Waals surface area contributed by atoms with Crippen LogP contribution in [0.3, 0.4) is 0 Å². The summed E-state index contributed by atoms with van der Waals surface area (Å²) in [4.78, 5) is 5.25. The third-order valence-electron chi connectivity index (χ3n) is 20.7. The van der Waals surface area contributed by atoms with Gasteiger partial charge in [0.05, 0.1) is 33.4 Å². The van der Waals surface area contributed by atoms with Crippen LogP contribution in [0.4, 0.5) is 34.1 Å². The van der Waals surface area contributed by atoms with E-state index >= 15 is 0 Å². The lowest BCUT2D eigenvalue weighted by molar-refractivity contribution is 0.569. The van der Waals surface area contributed by atoms with Crippen LogP contribution >= 0.6 is 0 Å². The largest absolute Gasteiger partial charge is 0.454 e. The summed E-state index contributed by atoms with van der Waals surface area (Å²) in [5, 5.41) is 7.04. The second-order valence-corrected chi connectivity index (χ2v) is 29.7. The minimum atomic E-state index is -0.286. The molecule has 0 N–H and O–H groups in total. The molecule has 0 saturated carbocycles. The van der Waals surface area contributed by atoms with Crippen LogP contribution in [0.1, 0.15) is 79.0 Å². The quantitative estimate of drug-likeness (QED) is 0.149. The highest BCUT2D eigenvalue weighted by Gasteiger charge is 2.46. The molecule has 3 aromatic heterocycles. The Morgan fingerprint density at radius 3 is 1.42 bits per heavy atom. The maximum atomic E-state index is 7.15. The Labute approximate surface area is 561 Å². The lowest BCUT2D eigenvalue weighted by Gasteiger charge is -2.46. The lowest BCUT2D eigenvalue weighted by atomic mass is 9.33.